The summed E-state index contributed by atoms with van der Waals surface area (Å²) in [7, 11) is -3.70. The molecular weight excluding hydrogens is 422 g/mol. The number of amides is 1. The molecule has 3 rings (SSSR count). The molecule has 0 aliphatic heterocycles. The highest BCUT2D eigenvalue weighted by atomic mass is 32.2. The maximum absolute atomic E-state index is 12.8. The molecular formula is C21H23N3O4S2. The third-order valence-corrected chi connectivity index (χ3v) is 7.50. The number of carbonyl (C=O) groups excluding carboxylic acids is 1. The van der Waals surface area contributed by atoms with Crippen LogP contribution >= 0.6 is 11.3 Å². The Morgan fingerprint density at radius 3 is 2.67 bits per heavy atom. The van der Waals surface area contributed by atoms with Crippen molar-refractivity contribution >= 4 is 50.8 Å². The van der Waals surface area contributed by atoms with Gasteiger partial charge in [0.15, 0.2) is 5.76 Å². The highest BCUT2D eigenvalue weighted by molar-refractivity contribution is 7.94. The van der Waals surface area contributed by atoms with E-state index in [-0.39, 0.29) is 10.1 Å². The minimum Gasteiger partial charge on any atom is -0.354 e. The Labute approximate surface area is 179 Å². The topological polar surface area (TPSA) is 101 Å². The van der Waals surface area contributed by atoms with E-state index >= 15 is 0 Å². The van der Waals surface area contributed by atoms with Crippen molar-refractivity contribution in [2.45, 2.75) is 38.3 Å². The van der Waals surface area contributed by atoms with E-state index < -0.39 is 10.0 Å². The Morgan fingerprint density at radius 2 is 1.93 bits per heavy atom. The molecule has 30 heavy (non-hydrogen) atoms. The van der Waals surface area contributed by atoms with Gasteiger partial charge in [-0.15, -0.1) is 11.3 Å². The molecule has 7 nitrogen and oxygen atoms in total. The number of nitrogens with one attached hydrogen (secondary N) is 2. The van der Waals surface area contributed by atoms with Crippen molar-refractivity contribution in [3.05, 3.63) is 57.8 Å². The Kier molecular flexibility index (Phi) is 6.42. The predicted molar refractivity (Wildman–Crippen MR) is 120 cm³/mol. The first-order valence-corrected chi connectivity index (χ1v) is 11.6. The molecule has 158 valence electrons. The van der Waals surface area contributed by atoms with Crippen LogP contribution in [-0.2, 0) is 14.8 Å². The lowest BCUT2D eigenvalue weighted by atomic mass is 10.1. The van der Waals surface area contributed by atoms with Crippen LogP contribution in [0.3, 0.4) is 0 Å². The smallest absolute Gasteiger partial charge is 0.271 e. The van der Waals surface area contributed by atoms with Crippen LogP contribution in [-0.4, -0.2) is 19.5 Å². The van der Waals surface area contributed by atoms with E-state index in [1.807, 2.05) is 26.0 Å². The second-order valence-corrected chi connectivity index (χ2v) is 9.78. The molecule has 0 aliphatic carbocycles. The zero-order chi connectivity index (χ0) is 21.9. The molecule has 1 aromatic carbocycles. The van der Waals surface area contributed by atoms with Crippen LogP contribution in [0.5, 0.6) is 0 Å². The summed E-state index contributed by atoms with van der Waals surface area (Å²) in [6.45, 7) is 7.31. The SMILES string of the molecule is CCC(=O)Nc1c(C)noc1C=Cc1ccc(S(=O)(=O)Nc2cccc(C)c2C)s1. The van der Waals surface area contributed by atoms with Crippen LogP contribution in [0.25, 0.3) is 12.2 Å². The van der Waals surface area contributed by atoms with Crippen molar-refractivity contribution < 1.29 is 17.7 Å². The Bertz CT molecular complexity index is 1210. The summed E-state index contributed by atoms with van der Waals surface area (Å²) in [5, 5.41) is 6.64. The van der Waals surface area contributed by atoms with Crippen LogP contribution in [0.4, 0.5) is 11.4 Å². The van der Waals surface area contributed by atoms with Crippen molar-refractivity contribution in [3.63, 3.8) is 0 Å². The molecule has 2 aromatic heterocycles. The number of benzene rings is 1. The van der Waals surface area contributed by atoms with Gasteiger partial charge in [-0.05, 0) is 62.2 Å². The van der Waals surface area contributed by atoms with Gasteiger partial charge in [0.25, 0.3) is 10.0 Å². The molecule has 2 heterocycles. The number of nitrogens with zero attached hydrogens (tertiary/aromatic N) is 1. The number of sulfonamides is 1. The van der Waals surface area contributed by atoms with Crippen LogP contribution in [0.15, 0.2) is 39.1 Å². The summed E-state index contributed by atoms with van der Waals surface area (Å²) in [6, 6.07) is 8.77. The summed E-state index contributed by atoms with van der Waals surface area (Å²) in [6.07, 6.45) is 3.72. The highest BCUT2D eigenvalue weighted by Crippen LogP contribution is 2.28. The minimum absolute atomic E-state index is 0.141. The summed E-state index contributed by atoms with van der Waals surface area (Å²) in [5.41, 5.74) is 3.55. The first-order chi connectivity index (χ1) is 14.2. The Balaban J connectivity index is 1.80. The zero-order valence-corrected chi connectivity index (χ0v) is 18.8. The van der Waals surface area contributed by atoms with Crippen molar-refractivity contribution in [1.29, 1.82) is 0 Å². The molecule has 0 saturated carbocycles. The molecule has 0 spiro atoms. The molecule has 0 atom stereocenters. The molecule has 0 fully saturated rings. The van der Waals surface area contributed by atoms with Crippen molar-refractivity contribution in [3.8, 4) is 0 Å². The van der Waals surface area contributed by atoms with Gasteiger partial charge in [0, 0.05) is 11.3 Å². The maximum Gasteiger partial charge on any atom is 0.271 e. The summed E-state index contributed by atoms with van der Waals surface area (Å²) >= 11 is 1.13. The van der Waals surface area contributed by atoms with Crippen molar-refractivity contribution in [2.24, 2.45) is 0 Å². The third kappa shape index (κ3) is 4.80. The molecule has 0 bridgehead atoms. The monoisotopic (exact) mass is 445 g/mol. The van der Waals surface area contributed by atoms with E-state index in [0.29, 0.717) is 29.2 Å². The summed E-state index contributed by atoms with van der Waals surface area (Å²) in [4.78, 5) is 12.4. The van der Waals surface area contributed by atoms with Gasteiger partial charge in [0.05, 0.1) is 5.69 Å². The maximum atomic E-state index is 12.8. The van der Waals surface area contributed by atoms with Gasteiger partial charge in [-0.3, -0.25) is 9.52 Å². The number of anilines is 2. The number of aromatic nitrogens is 1. The van der Waals surface area contributed by atoms with Gasteiger partial charge < -0.3 is 9.84 Å². The first kappa shape index (κ1) is 21.8. The van der Waals surface area contributed by atoms with Gasteiger partial charge >= 0.3 is 0 Å². The second-order valence-electron chi connectivity index (χ2n) is 6.75. The molecule has 0 unspecified atom stereocenters. The molecule has 2 N–H and O–H groups in total. The van der Waals surface area contributed by atoms with Crippen LogP contribution in [0.1, 0.15) is 40.8 Å². The van der Waals surface area contributed by atoms with E-state index in [0.717, 1.165) is 27.3 Å². The Hall–Kier alpha value is -2.91. The normalized spacial score (nSPS) is 11.7. The number of aryl methyl sites for hydroxylation is 2. The van der Waals surface area contributed by atoms with Gasteiger partial charge in [-0.1, -0.05) is 24.2 Å². The highest BCUT2D eigenvalue weighted by Gasteiger charge is 2.18. The fraction of sp³-hybridized carbons (Fsp3) is 0.238. The van der Waals surface area contributed by atoms with E-state index in [1.165, 1.54) is 0 Å². The number of carbonyl (C=O) groups is 1. The molecule has 0 aliphatic rings. The van der Waals surface area contributed by atoms with Crippen LogP contribution in [0.2, 0.25) is 0 Å². The molecule has 9 heteroatoms. The Morgan fingerprint density at radius 1 is 1.17 bits per heavy atom. The second kappa shape index (κ2) is 8.85. The van der Waals surface area contributed by atoms with Gasteiger partial charge in [-0.25, -0.2) is 8.42 Å². The molecule has 3 aromatic rings. The number of hydrogen-bond acceptors (Lipinski definition) is 6. The number of thiophene rings is 1. The van der Waals surface area contributed by atoms with Crippen molar-refractivity contribution in [2.75, 3.05) is 10.0 Å². The third-order valence-electron chi connectivity index (χ3n) is 4.59. The largest absolute Gasteiger partial charge is 0.354 e. The van der Waals surface area contributed by atoms with E-state index in [2.05, 4.69) is 15.2 Å². The lowest BCUT2D eigenvalue weighted by molar-refractivity contribution is -0.115. The fourth-order valence-electron chi connectivity index (χ4n) is 2.66. The number of rotatable bonds is 7. The van der Waals surface area contributed by atoms with Gasteiger partial charge in [0.1, 0.15) is 15.6 Å². The molecule has 0 radical (unpaired) electrons. The van der Waals surface area contributed by atoms with Gasteiger partial charge in [0.2, 0.25) is 5.91 Å². The average Bonchev–Trinajstić information content (AvgIpc) is 3.32. The molecule has 0 saturated heterocycles. The predicted octanol–water partition coefficient (Wildman–Crippen LogP) is 4.98. The van der Waals surface area contributed by atoms with Crippen LogP contribution in [0, 0.1) is 20.8 Å². The summed E-state index contributed by atoms with van der Waals surface area (Å²) in [5.74, 6) is 0.263. The molecule has 1 amide bonds. The van der Waals surface area contributed by atoms with Crippen molar-refractivity contribution in [1.82, 2.24) is 5.16 Å². The zero-order valence-electron chi connectivity index (χ0n) is 17.1. The number of hydrogen-bond donors (Lipinski definition) is 2. The minimum atomic E-state index is -3.70. The first-order valence-electron chi connectivity index (χ1n) is 9.34. The fourth-order valence-corrected chi connectivity index (χ4v) is 5.02. The quantitative estimate of drug-likeness (QED) is 0.534. The van der Waals surface area contributed by atoms with E-state index in [1.54, 1.807) is 44.2 Å². The van der Waals surface area contributed by atoms with Gasteiger partial charge in [-0.2, -0.15) is 0 Å². The standard InChI is InChI=1S/C21H23N3O4S2/c1-5-19(25)22-21-15(4)23-28-18(21)11-9-16-10-12-20(29-16)30(26,27)24-17-8-6-7-13(2)14(17)3/h6-12,24H,5H2,1-4H3,(H,22,25). The van der Waals surface area contributed by atoms with E-state index in [9.17, 15) is 13.2 Å². The van der Waals surface area contributed by atoms with Crippen LogP contribution < -0.4 is 10.0 Å². The summed E-state index contributed by atoms with van der Waals surface area (Å²) < 4.78 is 33.6. The average molecular weight is 446 g/mol. The lowest BCUT2D eigenvalue weighted by Gasteiger charge is -2.10. The van der Waals surface area contributed by atoms with E-state index in [4.69, 9.17) is 4.52 Å². The lowest BCUT2D eigenvalue weighted by Crippen LogP contribution is -2.12.